The lowest BCUT2D eigenvalue weighted by Crippen LogP contribution is -2.36. The van der Waals surface area contributed by atoms with Gasteiger partial charge in [-0.15, -0.1) is 0 Å². The molecule has 0 spiro atoms. The van der Waals surface area contributed by atoms with E-state index in [1.807, 2.05) is 6.07 Å². The van der Waals surface area contributed by atoms with Crippen LogP contribution in [-0.2, 0) is 0 Å². The highest BCUT2D eigenvalue weighted by Crippen LogP contribution is 2.39. The van der Waals surface area contributed by atoms with Crippen molar-refractivity contribution >= 4 is 27.8 Å². The highest BCUT2D eigenvalue weighted by Gasteiger charge is 2.23. The lowest BCUT2D eigenvalue weighted by atomic mass is 10.2. The number of rotatable bonds is 2. The summed E-state index contributed by atoms with van der Waals surface area (Å²) in [6.45, 7) is 3.66. The summed E-state index contributed by atoms with van der Waals surface area (Å²) in [5, 5.41) is 10.6. The first-order chi connectivity index (χ1) is 9.16. The summed E-state index contributed by atoms with van der Waals surface area (Å²) in [5.74, 6) is 0. The number of aliphatic hydroxyl groups is 1. The Bertz CT molecular complexity index is 582. The predicted octanol–water partition coefficient (Wildman–Crippen LogP) is 2.78. The van der Waals surface area contributed by atoms with Crippen molar-refractivity contribution in [2.24, 2.45) is 0 Å². The first-order valence-corrected chi connectivity index (χ1v) is 7.20. The average molecular weight is 275 g/mol. The fourth-order valence-corrected chi connectivity index (χ4v) is 3.19. The number of thiazole rings is 1. The minimum atomic E-state index is -0.450. The Morgan fingerprint density at radius 2 is 2.00 bits per heavy atom. The molecule has 1 aliphatic rings. The van der Waals surface area contributed by atoms with Crippen molar-refractivity contribution in [1.82, 2.24) is 4.98 Å². The lowest BCUT2D eigenvalue weighted by molar-refractivity contribution is 0.203. The van der Waals surface area contributed by atoms with Crippen LogP contribution in [0, 0.1) is 0 Å². The zero-order chi connectivity index (χ0) is 13.4. The predicted molar refractivity (Wildman–Crippen MR) is 79.5 cm³/mol. The second kappa shape index (κ2) is 4.83. The van der Waals surface area contributed by atoms with Gasteiger partial charge < -0.3 is 14.9 Å². The van der Waals surface area contributed by atoms with Crippen molar-refractivity contribution in [3.05, 3.63) is 35.3 Å². The molecule has 1 aliphatic heterocycles. The van der Waals surface area contributed by atoms with Gasteiger partial charge in [0.2, 0.25) is 0 Å². The highest BCUT2D eigenvalue weighted by molar-refractivity contribution is 7.15. The van der Waals surface area contributed by atoms with Gasteiger partial charge in [0.05, 0.1) is 22.4 Å². The molecule has 0 radical (unpaired) electrons. The van der Waals surface area contributed by atoms with Gasteiger partial charge in [-0.25, -0.2) is 4.98 Å². The van der Waals surface area contributed by atoms with Crippen LogP contribution in [0.5, 0.6) is 0 Å². The van der Waals surface area contributed by atoms with Gasteiger partial charge in [-0.2, -0.15) is 0 Å². The number of anilines is 3. The zero-order valence-electron chi connectivity index (χ0n) is 11.1. The van der Waals surface area contributed by atoms with Crippen molar-refractivity contribution in [2.75, 3.05) is 29.9 Å². The van der Waals surface area contributed by atoms with E-state index in [9.17, 15) is 5.11 Å². The molecule has 0 amide bonds. The number of likely N-dealkylation sites (N-methyl/N-ethyl adjacent to an activating group) is 1. The van der Waals surface area contributed by atoms with Crippen molar-refractivity contribution in [3.8, 4) is 0 Å². The average Bonchev–Trinajstić information content (AvgIpc) is 2.89. The van der Waals surface area contributed by atoms with Gasteiger partial charge in [-0.05, 0) is 19.1 Å². The van der Waals surface area contributed by atoms with E-state index in [1.165, 1.54) is 11.4 Å². The molecule has 3 rings (SSSR count). The molecule has 1 aromatic heterocycles. The van der Waals surface area contributed by atoms with E-state index in [4.69, 9.17) is 0 Å². The second-order valence-electron chi connectivity index (χ2n) is 4.78. The standard InChI is InChI=1S/C14H17N3OS/c1-10(18)13-9-15-14(19-13)17-8-7-16(2)11-5-3-4-6-12(11)17/h3-6,9-10,18H,7-8H2,1-2H3. The van der Waals surface area contributed by atoms with Crippen LogP contribution < -0.4 is 9.80 Å². The molecule has 0 saturated carbocycles. The molecule has 19 heavy (non-hydrogen) atoms. The summed E-state index contributed by atoms with van der Waals surface area (Å²) in [5.41, 5.74) is 2.41. The Morgan fingerprint density at radius 3 is 2.68 bits per heavy atom. The van der Waals surface area contributed by atoms with Crippen molar-refractivity contribution in [1.29, 1.82) is 0 Å². The normalized spacial score (nSPS) is 16.4. The Balaban J connectivity index is 1.99. The van der Waals surface area contributed by atoms with Crippen molar-refractivity contribution < 1.29 is 5.11 Å². The monoisotopic (exact) mass is 275 g/mol. The number of hydrogen-bond acceptors (Lipinski definition) is 5. The molecule has 1 aromatic carbocycles. The maximum absolute atomic E-state index is 9.62. The molecule has 2 heterocycles. The number of para-hydroxylation sites is 2. The van der Waals surface area contributed by atoms with Crippen LogP contribution in [0.4, 0.5) is 16.5 Å². The molecule has 100 valence electrons. The Hall–Kier alpha value is -1.59. The summed E-state index contributed by atoms with van der Waals surface area (Å²) < 4.78 is 0. The molecule has 1 atom stereocenters. The Labute approximate surface area is 116 Å². The maximum atomic E-state index is 9.62. The molecule has 0 bridgehead atoms. The summed E-state index contributed by atoms with van der Waals surface area (Å²) in [6.07, 6.45) is 1.32. The summed E-state index contributed by atoms with van der Waals surface area (Å²) in [4.78, 5) is 9.85. The van der Waals surface area contributed by atoms with E-state index < -0.39 is 6.10 Å². The zero-order valence-corrected chi connectivity index (χ0v) is 11.9. The van der Waals surface area contributed by atoms with Gasteiger partial charge in [0.1, 0.15) is 0 Å². The number of aromatic nitrogens is 1. The van der Waals surface area contributed by atoms with E-state index in [1.54, 1.807) is 24.5 Å². The van der Waals surface area contributed by atoms with Crippen LogP contribution in [0.15, 0.2) is 30.5 Å². The molecular weight excluding hydrogens is 258 g/mol. The molecular formula is C14H17N3OS. The van der Waals surface area contributed by atoms with Crippen LogP contribution in [0.1, 0.15) is 17.9 Å². The van der Waals surface area contributed by atoms with Gasteiger partial charge in [0.25, 0.3) is 0 Å². The summed E-state index contributed by atoms with van der Waals surface area (Å²) >= 11 is 1.56. The molecule has 4 nitrogen and oxygen atoms in total. The topological polar surface area (TPSA) is 39.6 Å². The molecule has 0 aliphatic carbocycles. The number of benzene rings is 1. The quantitative estimate of drug-likeness (QED) is 0.915. The first kappa shape index (κ1) is 12.4. The van der Waals surface area contributed by atoms with E-state index in [2.05, 4.69) is 40.0 Å². The smallest absolute Gasteiger partial charge is 0.190 e. The highest BCUT2D eigenvalue weighted by atomic mass is 32.1. The number of hydrogen-bond donors (Lipinski definition) is 1. The largest absolute Gasteiger partial charge is 0.388 e. The fourth-order valence-electron chi connectivity index (χ4n) is 2.30. The third-order valence-corrected chi connectivity index (χ3v) is 4.59. The molecule has 5 heteroatoms. The number of fused-ring (bicyclic) bond motifs is 1. The van der Waals surface area contributed by atoms with Crippen LogP contribution in [0.3, 0.4) is 0 Å². The van der Waals surface area contributed by atoms with E-state index in [-0.39, 0.29) is 0 Å². The maximum Gasteiger partial charge on any atom is 0.190 e. The summed E-state index contributed by atoms with van der Waals surface area (Å²) in [7, 11) is 2.11. The first-order valence-electron chi connectivity index (χ1n) is 6.38. The van der Waals surface area contributed by atoms with Crippen molar-refractivity contribution in [3.63, 3.8) is 0 Å². The SMILES string of the molecule is CC(O)c1cnc(N2CCN(C)c3ccccc32)s1. The molecule has 0 fully saturated rings. The molecule has 1 N–H and O–H groups in total. The third-order valence-electron chi connectivity index (χ3n) is 3.40. The van der Waals surface area contributed by atoms with Gasteiger partial charge in [-0.3, -0.25) is 0 Å². The number of nitrogens with zero attached hydrogens (tertiary/aromatic N) is 3. The minimum absolute atomic E-state index is 0.450. The Kier molecular flexibility index (Phi) is 3.16. The van der Waals surface area contributed by atoms with Crippen LogP contribution >= 0.6 is 11.3 Å². The van der Waals surface area contributed by atoms with Crippen LogP contribution in [0.2, 0.25) is 0 Å². The fraction of sp³-hybridized carbons (Fsp3) is 0.357. The molecule has 2 aromatic rings. The van der Waals surface area contributed by atoms with Crippen LogP contribution in [0.25, 0.3) is 0 Å². The van der Waals surface area contributed by atoms with Gasteiger partial charge >= 0.3 is 0 Å². The van der Waals surface area contributed by atoms with Crippen molar-refractivity contribution in [2.45, 2.75) is 13.0 Å². The number of aliphatic hydroxyl groups excluding tert-OH is 1. The van der Waals surface area contributed by atoms with E-state index in [0.29, 0.717) is 0 Å². The van der Waals surface area contributed by atoms with E-state index in [0.717, 1.165) is 23.1 Å². The van der Waals surface area contributed by atoms with Gasteiger partial charge in [-0.1, -0.05) is 23.5 Å². The second-order valence-corrected chi connectivity index (χ2v) is 5.82. The van der Waals surface area contributed by atoms with Gasteiger partial charge in [0, 0.05) is 26.3 Å². The van der Waals surface area contributed by atoms with Gasteiger partial charge in [0.15, 0.2) is 5.13 Å². The molecule has 1 unspecified atom stereocenters. The third kappa shape index (κ3) is 2.19. The minimum Gasteiger partial charge on any atom is -0.388 e. The molecule has 0 saturated heterocycles. The van der Waals surface area contributed by atoms with E-state index >= 15 is 0 Å². The summed E-state index contributed by atoms with van der Waals surface area (Å²) in [6, 6.07) is 8.36. The Morgan fingerprint density at radius 1 is 1.26 bits per heavy atom. The van der Waals surface area contributed by atoms with Crippen LogP contribution in [-0.4, -0.2) is 30.2 Å². The lowest BCUT2D eigenvalue weighted by Gasteiger charge is -2.35.